The van der Waals surface area contributed by atoms with Gasteiger partial charge in [-0.25, -0.2) is 9.97 Å². The first-order valence-corrected chi connectivity index (χ1v) is 5.35. The summed E-state index contributed by atoms with van der Waals surface area (Å²) in [5, 5.41) is 6.09. The van der Waals surface area contributed by atoms with Gasteiger partial charge in [-0.15, -0.1) is 24.8 Å². The minimum atomic E-state index is -0.265. The number of anilines is 1. The van der Waals surface area contributed by atoms with Gasteiger partial charge in [-0.05, 0) is 19.4 Å². The normalized spacial score (nSPS) is 17.4. The Kier molecular flexibility index (Phi) is 7.58. The number of nitrogens with zero attached hydrogens (tertiary/aromatic N) is 2. The van der Waals surface area contributed by atoms with Gasteiger partial charge in [0.15, 0.2) is 11.5 Å². The summed E-state index contributed by atoms with van der Waals surface area (Å²) in [7, 11) is 0. The molecule has 1 atom stereocenters. The molecule has 0 bridgehead atoms. The quantitative estimate of drug-likeness (QED) is 0.749. The molecule has 0 spiro atoms. The van der Waals surface area contributed by atoms with Gasteiger partial charge in [-0.1, -0.05) is 0 Å². The molecule has 1 aromatic rings. The molecule has 1 aromatic heterocycles. The van der Waals surface area contributed by atoms with Gasteiger partial charge in [0.25, 0.3) is 5.91 Å². The van der Waals surface area contributed by atoms with E-state index in [4.69, 9.17) is 5.73 Å². The van der Waals surface area contributed by atoms with E-state index in [1.54, 1.807) is 0 Å². The maximum absolute atomic E-state index is 11.7. The van der Waals surface area contributed by atoms with Crippen LogP contribution in [0, 0.1) is 0 Å². The summed E-state index contributed by atoms with van der Waals surface area (Å²) in [6.07, 6.45) is 5.17. The molecule has 1 saturated heterocycles. The van der Waals surface area contributed by atoms with Gasteiger partial charge in [0, 0.05) is 25.0 Å². The van der Waals surface area contributed by atoms with E-state index < -0.39 is 0 Å². The van der Waals surface area contributed by atoms with Crippen LogP contribution in [-0.2, 0) is 0 Å². The van der Waals surface area contributed by atoms with Crippen LogP contribution in [0.1, 0.15) is 23.3 Å². The molecule has 4 N–H and O–H groups in total. The fourth-order valence-electron chi connectivity index (χ4n) is 1.75. The molecule has 18 heavy (non-hydrogen) atoms. The first-order chi connectivity index (χ1) is 7.77. The van der Waals surface area contributed by atoms with E-state index in [2.05, 4.69) is 20.6 Å². The van der Waals surface area contributed by atoms with E-state index in [1.165, 1.54) is 12.4 Å². The summed E-state index contributed by atoms with van der Waals surface area (Å²) in [5.74, 6) is -0.0984. The fraction of sp³-hybridized carbons (Fsp3) is 0.500. The zero-order valence-electron chi connectivity index (χ0n) is 9.76. The third-order valence-electron chi connectivity index (χ3n) is 2.61. The van der Waals surface area contributed by atoms with E-state index in [0.29, 0.717) is 12.6 Å². The number of nitrogen functional groups attached to an aromatic ring is 1. The number of halogens is 2. The number of amides is 1. The number of nitrogens with one attached hydrogen (secondary N) is 2. The van der Waals surface area contributed by atoms with Gasteiger partial charge in [0.2, 0.25) is 0 Å². The van der Waals surface area contributed by atoms with E-state index in [1.807, 2.05) is 0 Å². The van der Waals surface area contributed by atoms with Crippen molar-refractivity contribution in [2.24, 2.45) is 0 Å². The van der Waals surface area contributed by atoms with Gasteiger partial charge < -0.3 is 16.4 Å². The van der Waals surface area contributed by atoms with Crippen LogP contribution in [0.15, 0.2) is 12.4 Å². The van der Waals surface area contributed by atoms with E-state index in [9.17, 15) is 4.79 Å². The number of hydrogen-bond acceptors (Lipinski definition) is 5. The van der Waals surface area contributed by atoms with Crippen LogP contribution in [0.5, 0.6) is 0 Å². The molecule has 102 valence electrons. The van der Waals surface area contributed by atoms with Crippen LogP contribution in [-0.4, -0.2) is 35.0 Å². The highest BCUT2D eigenvalue weighted by Gasteiger charge is 2.17. The lowest BCUT2D eigenvalue weighted by Crippen LogP contribution is -2.37. The Morgan fingerprint density at radius 2 is 2.17 bits per heavy atom. The highest BCUT2D eigenvalue weighted by Crippen LogP contribution is 2.05. The molecule has 0 saturated carbocycles. The van der Waals surface area contributed by atoms with Crippen molar-refractivity contribution in [1.82, 2.24) is 20.6 Å². The number of nitrogens with two attached hydrogens (primary N) is 1. The summed E-state index contributed by atoms with van der Waals surface area (Å²) in [4.78, 5) is 19.4. The summed E-state index contributed by atoms with van der Waals surface area (Å²) in [6.45, 7) is 1.63. The van der Waals surface area contributed by atoms with E-state index in [0.717, 1.165) is 19.4 Å². The van der Waals surface area contributed by atoms with Gasteiger partial charge in [0.1, 0.15) is 0 Å². The van der Waals surface area contributed by atoms with Crippen molar-refractivity contribution in [3.05, 3.63) is 18.1 Å². The topological polar surface area (TPSA) is 92.9 Å². The van der Waals surface area contributed by atoms with Crippen LogP contribution < -0.4 is 16.4 Å². The zero-order valence-corrected chi connectivity index (χ0v) is 11.4. The summed E-state index contributed by atoms with van der Waals surface area (Å²) in [5.41, 5.74) is 5.75. The second-order valence-electron chi connectivity index (χ2n) is 3.79. The van der Waals surface area contributed by atoms with Crippen LogP contribution in [0.25, 0.3) is 0 Å². The molecule has 1 amide bonds. The van der Waals surface area contributed by atoms with Crippen molar-refractivity contribution in [2.45, 2.75) is 18.9 Å². The standard InChI is InChI=1S/C10H15N5O.2ClH/c11-9-8(13-4-5-14-9)10(16)15-6-7-2-1-3-12-7;;/h4-5,7,12H,1-3,6H2,(H2,11,14)(H,15,16);2*1H. The minimum absolute atomic E-state index is 0. The molecule has 6 nitrogen and oxygen atoms in total. The Morgan fingerprint density at radius 3 is 2.78 bits per heavy atom. The molecule has 0 aliphatic carbocycles. The summed E-state index contributed by atoms with van der Waals surface area (Å²) in [6, 6.07) is 0.363. The van der Waals surface area contributed by atoms with Crippen molar-refractivity contribution >= 4 is 36.5 Å². The van der Waals surface area contributed by atoms with Crippen LogP contribution >= 0.6 is 24.8 Å². The third kappa shape index (κ3) is 4.29. The maximum Gasteiger partial charge on any atom is 0.273 e. The zero-order chi connectivity index (χ0) is 11.4. The third-order valence-corrected chi connectivity index (χ3v) is 2.61. The van der Waals surface area contributed by atoms with Crippen LogP contribution in [0.2, 0.25) is 0 Å². The Balaban J connectivity index is 0.00000144. The smallest absolute Gasteiger partial charge is 0.273 e. The molecular weight excluding hydrogens is 277 g/mol. The minimum Gasteiger partial charge on any atom is -0.382 e. The molecule has 0 aromatic carbocycles. The maximum atomic E-state index is 11.7. The number of carbonyl (C=O) groups is 1. The number of aromatic nitrogens is 2. The Bertz CT molecular complexity index is 384. The highest BCUT2D eigenvalue weighted by atomic mass is 35.5. The summed E-state index contributed by atoms with van der Waals surface area (Å²) >= 11 is 0. The fourth-order valence-corrected chi connectivity index (χ4v) is 1.75. The van der Waals surface area contributed by atoms with Gasteiger partial charge in [0.05, 0.1) is 0 Å². The largest absolute Gasteiger partial charge is 0.382 e. The molecule has 1 aliphatic heterocycles. The van der Waals surface area contributed by atoms with Crippen molar-refractivity contribution in [2.75, 3.05) is 18.8 Å². The number of hydrogen-bond donors (Lipinski definition) is 3. The van der Waals surface area contributed by atoms with Crippen molar-refractivity contribution in [3.63, 3.8) is 0 Å². The lowest BCUT2D eigenvalue weighted by Gasteiger charge is -2.11. The monoisotopic (exact) mass is 293 g/mol. The second-order valence-corrected chi connectivity index (χ2v) is 3.79. The Morgan fingerprint density at radius 1 is 1.44 bits per heavy atom. The molecule has 2 heterocycles. The number of carbonyl (C=O) groups excluding carboxylic acids is 1. The molecule has 2 rings (SSSR count). The first-order valence-electron chi connectivity index (χ1n) is 5.35. The highest BCUT2D eigenvalue weighted by molar-refractivity contribution is 5.96. The molecule has 1 unspecified atom stereocenters. The first kappa shape index (κ1) is 16.9. The second kappa shape index (κ2) is 8.07. The molecule has 1 fully saturated rings. The van der Waals surface area contributed by atoms with Gasteiger partial charge >= 0.3 is 0 Å². The molecule has 8 heteroatoms. The molecular formula is C10H17Cl2N5O. The van der Waals surface area contributed by atoms with Crippen LogP contribution in [0.4, 0.5) is 5.82 Å². The Labute approximate surface area is 118 Å². The molecule has 1 aliphatic rings. The number of rotatable bonds is 3. The predicted molar refractivity (Wildman–Crippen MR) is 74.3 cm³/mol. The average molecular weight is 294 g/mol. The van der Waals surface area contributed by atoms with Gasteiger partial charge in [-0.3, -0.25) is 4.79 Å². The average Bonchev–Trinajstić information content (AvgIpc) is 2.79. The predicted octanol–water partition coefficient (Wildman–Crippen LogP) is 0.384. The van der Waals surface area contributed by atoms with Gasteiger partial charge in [-0.2, -0.15) is 0 Å². The van der Waals surface area contributed by atoms with Crippen molar-refractivity contribution in [1.29, 1.82) is 0 Å². The van der Waals surface area contributed by atoms with E-state index in [-0.39, 0.29) is 42.2 Å². The Hall–Kier alpha value is -1.11. The summed E-state index contributed by atoms with van der Waals surface area (Å²) < 4.78 is 0. The molecule has 0 radical (unpaired) electrons. The van der Waals surface area contributed by atoms with Crippen molar-refractivity contribution in [3.8, 4) is 0 Å². The van der Waals surface area contributed by atoms with Crippen molar-refractivity contribution < 1.29 is 4.79 Å². The SMILES string of the molecule is Cl.Cl.Nc1nccnc1C(=O)NCC1CCCN1. The lowest BCUT2D eigenvalue weighted by atomic mass is 10.2. The van der Waals surface area contributed by atoms with Crippen LogP contribution in [0.3, 0.4) is 0 Å². The lowest BCUT2D eigenvalue weighted by molar-refractivity contribution is 0.0946. The van der Waals surface area contributed by atoms with E-state index >= 15 is 0 Å².